The number of benzene rings is 1. The molecule has 0 spiro atoms. The summed E-state index contributed by atoms with van der Waals surface area (Å²) in [5, 5.41) is 0. The summed E-state index contributed by atoms with van der Waals surface area (Å²) in [6.07, 6.45) is -1.11. The average Bonchev–Trinajstić information content (AvgIpc) is 2.66. The molecule has 3 heterocycles. The van der Waals surface area contributed by atoms with E-state index in [0.717, 1.165) is 57.8 Å². The molecule has 0 atom stereocenters. The van der Waals surface area contributed by atoms with E-state index in [1.807, 2.05) is 6.07 Å². The molecule has 0 saturated carbocycles. The molecule has 0 bridgehead atoms. The van der Waals surface area contributed by atoms with Gasteiger partial charge in [0.2, 0.25) is 0 Å². The van der Waals surface area contributed by atoms with E-state index in [1.54, 1.807) is 0 Å². The van der Waals surface area contributed by atoms with Crippen LogP contribution in [0.15, 0.2) is 48.7 Å². The summed E-state index contributed by atoms with van der Waals surface area (Å²) in [6, 6.07) is 13.5. The van der Waals surface area contributed by atoms with Crippen LogP contribution in [0, 0.1) is 0 Å². The molecule has 2 aromatic rings. The van der Waals surface area contributed by atoms with Gasteiger partial charge in [0.05, 0.1) is 0 Å². The Morgan fingerprint density at radius 2 is 1.75 bits per heavy atom. The van der Waals surface area contributed by atoms with Crippen molar-refractivity contribution in [2.45, 2.75) is 37.7 Å². The van der Waals surface area contributed by atoms with Gasteiger partial charge in [-0.2, -0.15) is 13.2 Å². The first-order valence-corrected chi connectivity index (χ1v) is 9.67. The first-order valence-electron chi connectivity index (χ1n) is 9.67. The van der Waals surface area contributed by atoms with Crippen LogP contribution in [-0.2, 0) is 12.7 Å². The zero-order chi connectivity index (χ0) is 19.6. The monoisotopic (exact) mass is 391 g/mol. The second-order valence-corrected chi connectivity index (χ2v) is 7.56. The zero-order valence-electron chi connectivity index (χ0n) is 15.6. The Hall–Kier alpha value is -2.12. The van der Waals surface area contributed by atoms with Gasteiger partial charge in [0.25, 0.3) is 0 Å². The maximum Gasteiger partial charge on any atom is 0.433 e. The van der Waals surface area contributed by atoms with E-state index < -0.39 is 11.9 Å². The molecule has 1 aromatic heterocycles. The number of piperidine rings is 1. The number of hydrogen-bond acceptors (Lipinski definition) is 4. The summed E-state index contributed by atoms with van der Waals surface area (Å²) in [5.74, 6) is 0.240. The molecule has 0 N–H and O–H groups in total. The summed E-state index contributed by atoms with van der Waals surface area (Å²) < 4.78 is 44.0. The number of halogens is 3. The number of hydrogen-bond donors (Lipinski definition) is 0. The third-order valence-electron chi connectivity index (χ3n) is 5.52. The molecule has 0 radical (unpaired) electrons. The molecule has 28 heavy (non-hydrogen) atoms. The fourth-order valence-electron chi connectivity index (χ4n) is 3.96. The zero-order valence-corrected chi connectivity index (χ0v) is 15.6. The van der Waals surface area contributed by atoms with Crippen molar-refractivity contribution in [3.63, 3.8) is 0 Å². The van der Waals surface area contributed by atoms with Gasteiger partial charge in [-0.15, -0.1) is 0 Å². The summed E-state index contributed by atoms with van der Waals surface area (Å²) >= 11 is 0. The van der Waals surface area contributed by atoms with Crippen LogP contribution in [0.3, 0.4) is 0 Å². The Labute approximate surface area is 162 Å². The van der Waals surface area contributed by atoms with Crippen molar-refractivity contribution < 1.29 is 17.9 Å². The number of likely N-dealkylation sites (tertiary alicyclic amines) is 2. The molecule has 0 amide bonds. The molecule has 2 saturated heterocycles. The van der Waals surface area contributed by atoms with Crippen LogP contribution >= 0.6 is 0 Å². The maximum atomic E-state index is 12.7. The topological polar surface area (TPSA) is 28.6 Å². The second-order valence-electron chi connectivity index (χ2n) is 7.56. The van der Waals surface area contributed by atoms with E-state index in [9.17, 15) is 13.2 Å². The van der Waals surface area contributed by atoms with E-state index in [1.165, 1.54) is 11.6 Å². The van der Waals surface area contributed by atoms with Gasteiger partial charge in [-0.1, -0.05) is 30.3 Å². The van der Waals surface area contributed by atoms with Crippen molar-refractivity contribution in [3.05, 3.63) is 59.9 Å². The van der Waals surface area contributed by atoms with Crippen LogP contribution in [0.25, 0.3) is 0 Å². The van der Waals surface area contributed by atoms with Crippen LogP contribution in [0.4, 0.5) is 13.2 Å². The van der Waals surface area contributed by atoms with Crippen molar-refractivity contribution in [3.8, 4) is 5.75 Å². The van der Waals surface area contributed by atoms with E-state index >= 15 is 0 Å². The molecule has 0 aliphatic carbocycles. The lowest BCUT2D eigenvalue weighted by Crippen LogP contribution is -2.59. The van der Waals surface area contributed by atoms with Crippen molar-refractivity contribution in [1.82, 2.24) is 14.8 Å². The fraction of sp³-hybridized carbons (Fsp3) is 0.476. The Balaban J connectivity index is 1.21. The fourth-order valence-corrected chi connectivity index (χ4v) is 3.96. The number of aromatic nitrogens is 1. The van der Waals surface area contributed by atoms with Gasteiger partial charge in [0, 0.05) is 37.9 Å². The van der Waals surface area contributed by atoms with Crippen LogP contribution in [0.1, 0.15) is 24.1 Å². The third kappa shape index (κ3) is 4.64. The minimum absolute atomic E-state index is 0.0502. The molecule has 4 rings (SSSR count). The highest BCUT2D eigenvalue weighted by atomic mass is 19.4. The Bertz CT molecular complexity index is 770. The molecule has 150 valence electrons. The van der Waals surface area contributed by atoms with Crippen molar-refractivity contribution >= 4 is 0 Å². The van der Waals surface area contributed by atoms with Gasteiger partial charge in [0.1, 0.15) is 17.5 Å². The van der Waals surface area contributed by atoms with Crippen molar-refractivity contribution in [2.75, 3.05) is 26.2 Å². The first kappa shape index (κ1) is 19.2. The lowest BCUT2D eigenvalue weighted by Gasteiger charge is -2.46. The van der Waals surface area contributed by atoms with Crippen molar-refractivity contribution in [1.29, 1.82) is 0 Å². The second kappa shape index (κ2) is 8.09. The van der Waals surface area contributed by atoms with E-state index in [4.69, 9.17) is 4.74 Å². The summed E-state index contributed by atoms with van der Waals surface area (Å²) in [4.78, 5) is 8.23. The van der Waals surface area contributed by atoms with E-state index in [-0.39, 0.29) is 11.9 Å². The lowest BCUT2D eigenvalue weighted by atomic mass is 9.98. The average molecular weight is 391 g/mol. The van der Waals surface area contributed by atoms with E-state index in [0.29, 0.717) is 6.04 Å². The van der Waals surface area contributed by atoms with Gasteiger partial charge in [-0.3, -0.25) is 14.8 Å². The molecule has 2 aliphatic rings. The van der Waals surface area contributed by atoms with Crippen LogP contribution < -0.4 is 4.74 Å². The maximum absolute atomic E-state index is 12.7. The normalized spacial score (nSPS) is 20.1. The number of ether oxygens (including phenoxy) is 1. The highest BCUT2D eigenvalue weighted by molar-refractivity contribution is 5.24. The van der Waals surface area contributed by atoms with Gasteiger partial charge >= 0.3 is 6.18 Å². The molecule has 1 aromatic carbocycles. The van der Waals surface area contributed by atoms with Crippen LogP contribution in [0.2, 0.25) is 0 Å². The van der Waals surface area contributed by atoms with Gasteiger partial charge in [-0.05, 0) is 37.6 Å². The predicted molar refractivity (Wildman–Crippen MR) is 100.0 cm³/mol. The van der Waals surface area contributed by atoms with Gasteiger partial charge in [-0.25, -0.2) is 0 Å². The lowest BCUT2D eigenvalue weighted by molar-refractivity contribution is -0.141. The van der Waals surface area contributed by atoms with Gasteiger partial charge < -0.3 is 4.74 Å². The molecule has 0 unspecified atom stereocenters. The minimum atomic E-state index is -4.45. The quantitative estimate of drug-likeness (QED) is 0.775. The summed E-state index contributed by atoms with van der Waals surface area (Å²) in [6.45, 7) is 4.67. The Morgan fingerprint density at radius 3 is 2.43 bits per heavy atom. The molecule has 7 heteroatoms. The molecule has 2 fully saturated rings. The van der Waals surface area contributed by atoms with Gasteiger partial charge in [0.15, 0.2) is 0 Å². The third-order valence-corrected chi connectivity index (χ3v) is 5.52. The summed E-state index contributed by atoms with van der Waals surface area (Å²) in [7, 11) is 0. The largest absolute Gasteiger partial charge is 0.488 e. The Morgan fingerprint density at radius 1 is 1.04 bits per heavy atom. The molecule has 4 nitrogen and oxygen atoms in total. The molecular weight excluding hydrogens is 367 g/mol. The summed E-state index contributed by atoms with van der Waals surface area (Å²) in [5.41, 5.74) is 0.431. The molecule has 2 aliphatic heterocycles. The number of pyridine rings is 1. The smallest absolute Gasteiger partial charge is 0.433 e. The highest BCUT2D eigenvalue weighted by Crippen LogP contribution is 2.31. The number of alkyl halides is 3. The minimum Gasteiger partial charge on any atom is -0.488 e. The number of nitrogens with zero attached hydrogens (tertiary/aromatic N) is 3. The van der Waals surface area contributed by atoms with E-state index in [2.05, 4.69) is 39.0 Å². The first-order chi connectivity index (χ1) is 13.5. The Kier molecular flexibility index (Phi) is 5.55. The molecular formula is C21H24F3N3O. The predicted octanol–water partition coefficient (Wildman–Crippen LogP) is 3.83. The SMILES string of the molecule is FC(F)(F)c1cc(OC2CN(C3CCN(Cc4ccccc4)CC3)C2)ccn1. The van der Waals surface area contributed by atoms with Crippen LogP contribution in [-0.4, -0.2) is 53.1 Å². The van der Waals surface area contributed by atoms with Crippen LogP contribution in [0.5, 0.6) is 5.75 Å². The highest BCUT2D eigenvalue weighted by Gasteiger charge is 2.36. The standard InChI is InChI=1S/C21H24F3N3O/c22-21(23,24)20-12-18(6-9-25-20)28-19-14-27(15-19)17-7-10-26(11-8-17)13-16-4-2-1-3-5-16/h1-6,9,12,17,19H,7-8,10-11,13-15H2. The van der Waals surface area contributed by atoms with Crippen molar-refractivity contribution in [2.24, 2.45) is 0 Å². The number of rotatable bonds is 5.